The van der Waals surface area contributed by atoms with E-state index in [9.17, 15) is 9.90 Å². The molecule has 0 saturated heterocycles. The molecular formula is C16H15BrO4. The molecule has 4 nitrogen and oxygen atoms in total. The number of rotatable bonds is 5. The summed E-state index contributed by atoms with van der Waals surface area (Å²) in [6, 6.07) is 10.4. The third kappa shape index (κ3) is 3.55. The monoisotopic (exact) mass is 350 g/mol. The van der Waals surface area contributed by atoms with Crippen LogP contribution in [0.3, 0.4) is 0 Å². The number of aromatic carboxylic acids is 1. The van der Waals surface area contributed by atoms with Gasteiger partial charge in [-0.1, -0.05) is 28.9 Å². The van der Waals surface area contributed by atoms with Gasteiger partial charge in [-0.25, -0.2) is 4.79 Å². The molecule has 0 aliphatic carbocycles. The van der Waals surface area contributed by atoms with E-state index in [2.05, 4.69) is 15.9 Å². The van der Waals surface area contributed by atoms with E-state index in [1.807, 2.05) is 19.1 Å². The maximum absolute atomic E-state index is 11.3. The number of ether oxygens (including phenoxy) is 2. The van der Waals surface area contributed by atoms with Crippen LogP contribution in [0.5, 0.6) is 17.2 Å². The molecule has 0 bridgehead atoms. The highest BCUT2D eigenvalue weighted by molar-refractivity contribution is 9.10. The van der Waals surface area contributed by atoms with Crippen LogP contribution < -0.4 is 9.47 Å². The SMILES string of the molecule is CCc1ccc(Oc2ccc(Br)cc2C(=O)O)c(OC)c1. The zero-order chi connectivity index (χ0) is 15.4. The minimum atomic E-state index is -1.05. The fraction of sp³-hybridized carbons (Fsp3) is 0.188. The van der Waals surface area contributed by atoms with E-state index >= 15 is 0 Å². The highest BCUT2D eigenvalue weighted by Crippen LogP contribution is 2.34. The lowest BCUT2D eigenvalue weighted by Gasteiger charge is -2.13. The standard InChI is InChI=1S/C16H15BrO4/c1-3-10-4-6-14(15(8-10)20-2)21-13-7-5-11(17)9-12(13)16(18)19/h4-9H,3H2,1-2H3,(H,18,19). The Bertz CT molecular complexity index is 667. The number of halogens is 1. The van der Waals surface area contributed by atoms with Gasteiger partial charge in [0.05, 0.1) is 7.11 Å². The second-order valence-electron chi connectivity index (χ2n) is 4.39. The second kappa shape index (κ2) is 6.63. The van der Waals surface area contributed by atoms with E-state index in [-0.39, 0.29) is 11.3 Å². The molecule has 0 aliphatic rings. The Hall–Kier alpha value is -2.01. The Kier molecular flexibility index (Phi) is 4.85. The Labute approximate surface area is 131 Å². The van der Waals surface area contributed by atoms with Crippen molar-refractivity contribution in [3.8, 4) is 17.2 Å². The number of benzene rings is 2. The van der Waals surface area contributed by atoms with Gasteiger partial charge in [-0.15, -0.1) is 0 Å². The van der Waals surface area contributed by atoms with Crippen LogP contribution in [0, 0.1) is 0 Å². The predicted molar refractivity (Wildman–Crippen MR) is 83.5 cm³/mol. The molecule has 0 fully saturated rings. The van der Waals surface area contributed by atoms with Gasteiger partial charge in [0.15, 0.2) is 11.5 Å². The largest absolute Gasteiger partial charge is 0.493 e. The van der Waals surface area contributed by atoms with Crippen LogP contribution in [0.1, 0.15) is 22.8 Å². The van der Waals surface area contributed by atoms with Gasteiger partial charge < -0.3 is 14.6 Å². The van der Waals surface area contributed by atoms with E-state index in [1.54, 1.807) is 25.3 Å². The van der Waals surface area contributed by atoms with Crippen molar-refractivity contribution in [3.63, 3.8) is 0 Å². The summed E-state index contributed by atoms with van der Waals surface area (Å²) in [4.78, 5) is 11.3. The summed E-state index contributed by atoms with van der Waals surface area (Å²) in [6.07, 6.45) is 0.884. The van der Waals surface area contributed by atoms with Crippen molar-refractivity contribution in [2.24, 2.45) is 0 Å². The van der Waals surface area contributed by atoms with Gasteiger partial charge in [0, 0.05) is 4.47 Å². The van der Waals surface area contributed by atoms with Crippen molar-refractivity contribution < 1.29 is 19.4 Å². The van der Waals surface area contributed by atoms with E-state index in [1.165, 1.54) is 6.07 Å². The topological polar surface area (TPSA) is 55.8 Å². The first kappa shape index (κ1) is 15.4. The van der Waals surface area contributed by atoms with Crippen LogP contribution in [0.25, 0.3) is 0 Å². The van der Waals surface area contributed by atoms with Gasteiger partial charge in [0.25, 0.3) is 0 Å². The van der Waals surface area contributed by atoms with Crippen molar-refractivity contribution in [1.82, 2.24) is 0 Å². The molecule has 2 aromatic carbocycles. The van der Waals surface area contributed by atoms with Crippen molar-refractivity contribution >= 4 is 21.9 Å². The zero-order valence-corrected chi connectivity index (χ0v) is 13.3. The lowest BCUT2D eigenvalue weighted by Crippen LogP contribution is -2.01. The Balaban J connectivity index is 2.40. The molecule has 0 spiro atoms. The maximum atomic E-state index is 11.3. The molecule has 0 aromatic heterocycles. The minimum absolute atomic E-state index is 0.0889. The number of carboxylic acid groups (broad SMARTS) is 1. The van der Waals surface area contributed by atoms with Gasteiger partial charge in [-0.3, -0.25) is 0 Å². The molecule has 21 heavy (non-hydrogen) atoms. The molecule has 0 amide bonds. The maximum Gasteiger partial charge on any atom is 0.339 e. The lowest BCUT2D eigenvalue weighted by molar-refractivity contribution is 0.0694. The summed E-state index contributed by atoms with van der Waals surface area (Å²) in [5.41, 5.74) is 1.21. The van der Waals surface area contributed by atoms with Crippen LogP contribution in [0.15, 0.2) is 40.9 Å². The summed E-state index contributed by atoms with van der Waals surface area (Å²) in [6.45, 7) is 2.05. The Morgan fingerprint density at radius 1 is 1.14 bits per heavy atom. The van der Waals surface area contributed by atoms with Crippen LogP contribution in [-0.4, -0.2) is 18.2 Å². The zero-order valence-electron chi connectivity index (χ0n) is 11.7. The van der Waals surface area contributed by atoms with Gasteiger partial charge in [0.2, 0.25) is 0 Å². The highest BCUT2D eigenvalue weighted by Gasteiger charge is 2.14. The predicted octanol–water partition coefficient (Wildman–Crippen LogP) is 4.51. The molecule has 2 aromatic rings. The summed E-state index contributed by atoms with van der Waals surface area (Å²) >= 11 is 3.25. The number of carboxylic acids is 1. The smallest absolute Gasteiger partial charge is 0.339 e. The number of methoxy groups -OCH3 is 1. The molecular weight excluding hydrogens is 336 g/mol. The first-order valence-corrected chi connectivity index (χ1v) is 7.22. The van der Waals surface area contributed by atoms with Gasteiger partial charge >= 0.3 is 5.97 Å². The molecule has 0 atom stereocenters. The molecule has 2 rings (SSSR count). The van der Waals surface area contributed by atoms with Gasteiger partial charge in [-0.2, -0.15) is 0 Å². The number of carbonyl (C=O) groups is 1. The fourth-order valence-corrected chi connectivity index (χ4v) is 2.25. The first-order chi connectivity index (χ1) is 10.0. The number of hydrogen-bond acceptors (Lipinski definition) is 3. The van der Waals surface area contributed by atoms with Crippen molar-refractivity contribution in [1.29, 1.82) is 0 Å². The Morgan fingerprint density at radius 2 is 1.86 bits per heavy atom. The summed E-state index contributed by atoms with van der Waals surface area (Å²) in [5.74, 6) is 0.289. The highest BCUT2D eigenvalue weighted by atomic mass is 79.9. The van der Waals surface area contributed by atoms with E-state index in [0.717, 1.165) is 12.0 Å². The van der Waals surface area contributed by atoms with E-state index < -0.39 is 5.97 Å². The number of hydrogen-bond donors (Lipinski definition) is 1. The van der Waals surface area contributed by atoms with E-state index in [0.29, 0.717) is 16.0 Å². The molecule has 0 saturated carbocycles. The summed E-state index contributed by atoms with van der Waals surface area (Å²) in [5, 5.41) is 9.24. The quantitative estimate of drug-likeness (QED) is 0.861. The number of aryl methyl sites for hydroxylation is 1. The fourth-order valence-electron chi connectivity index (χ4n) is 1.89. The molecule has 0 heterocycles. The van der Waals surface area contributed by atoms with Crippen LogP contribution in [-0.2, 0) is 6.42 Å². The lowest BCUT2D eigenvalue weighted by atomic mass is 10.1. The third-order valence-electron chi connectivity index (χ3n) is 3.03. The first-order valence-electron chi connectivity index (χ1n) is 6.42. The average molecular weight is 351 g/mol. The van der Waals surface area contributed by atoms with Gasteiger partial charge in [-0.05, 0) is 42.3 Å². The van der Waals surface area contributed by atoms with Gasteiger partial charge in [0.1, 0.15) is 11.3 Å². The van der Waals surface area contributed by atoms with Crippen molar-refractivity contribution in [2.75, 3.05) is 7.11 Å². The molecule has 0 unspecified atom stereocenters. The Morgan fingerprint density at radius 3 is 2.48 bits per heavy atom. The second-order valence-corrected chi connectivity index (χ2v) is 5.30. The van der Waals surface area contributed by atoms with Crippen LogP contribution in [0.4, 0.5) is 0 Å². The summed E-state index contributed by atoms with van der Waals surface area (Å²) in [7, 11) is 1.56. The van der Waals surface area contributed by atoms with Crippen molar-refractivity contribution in [3.05, 3.63) is 52.0 Å². The molecule has 0 aliphatic heterocycles. The van der Waals surface area contributed by atoms with Crippen LogP contribution >= 0.6 is 15.9 Å². The third-order valence-corrected chi connectivity index (χ3v) is 3.52. The normalized spacial score (nSPS) is 10.2. The molecule has 5 heteroatoms. The molecule has 110 valence electrons. The molecule has 1 N–H and O–H groups in total. The van der Waals surface area contributed by atoms with E-state index in [4.69, 9.17) is 9.47 Å². The van der Waals surface area contributed by atoms with Crippen molar-refractivity contribution in [2.45, 2.75) is 13.3 Å². The minimum Gasteiger partial charge on any atom is -0.493 e. The van der Waals surface area contributed by atoms with Crippen LogP contribution in [0.2, 0.25) is 0 Å². The average Bonchev–Trinajstić information content (AvgIpc) is 2.49. The molecule has 0 radical (unpaired) electrons. The summed E-state index contributed by atoms with van der Waals surface area (Å²) < 4.78 is 11.7.